The fourth-order valence-corrected chi connectivity index (χ4v) is 10.2. The van der Waals surface area contributed by atoms with E-state index >= 15 is 0 Å². The Labute approximate surface area is 450 Å². The maximum atomic E-state index is 14.1. The van der Waals surface area contributed by atoms with E-state index in [9.17, 15) is 41.5 Å². The molecule has 0 radical (unpaired) electrons. The maximum absolute atomic E-state index is 14.1. The van der Waals surface area contributed by atoms with Gasteiger partial charge >= 0.3 is 36.8 Å². The number of hydrogen-bond donors (Lipinski definition) is 2. The second kappa shape index (κ2) is 25.6. The Bertz CT molecular complexity index is 2830. The number of alkyl halides is 5. The molecule has 4 aliphatic heterocycles. The summed E-state index contributed by atoms with van der Waals surface area (Å²) in [6, 6.07) is 27.0. The van der Waals surface area contributed by atoms with Gasteiger partial charge in [-0.1, -0.05) is 83.9 Å². The van der Waals surface area contributed by atoms with Crippen LogP contribution in [0.5, 0.6) is 17.2 Å². The molecule has 0 unspecified atom stereocenters. The number of pyridine rings is 1. The lowest BCUT2D eigenvalue weighted by molar-refractivity contribution is -0.605. The predicted molar refractivity (Wildman–Crippen MR) is 270 cm³/mol. The fraction of sp³-hybridized carbons (Fsp3) is 0.400. The monoisotopic (exact) mass is 1110 g/mol. The van der Waals surface area contributed by atoms with Crippen molar-refractivity contribution in [3.63, 3.8) is 0 Å². The molecule has 5 aliphatic rings. The highest BCUT2D eigenvalue weighted by Crippen LogP contribution is 2.39. The minimum atomic E-state index is -5.08. The van der Waals surface area contributed by atoms with Crippen LogP contribution in [-0.4, -0.2) is 103 Å². The van der Waals surface area contributed by atoms with Crippen LogP contribution in [0.2, 0.25) is 10.0 Å². The molecule has 4 aromatic carbocycles. The van der Waals surface area contributed by atoms with Crippen LogP contribution in [0, 0.1) is 17.0 Å². The van der Waals surface area contributed by atoms with Gasteiger partial charge in [0.05, 0.1) is 18.2 Å². The van der Waals surface area contributed by atoms with Gasteiger partial charge in [-0.3, -0.25) is 14.6 Å². The number of esters is 2. The van der Waals surface area contributed by atoms with Crippen molar-refractivity contribution < 1.29 is 74.7 Å². The largest absolute Gasteiger partial charge is 0.619 e. The Morgan fingerprint density at radius 2 is 1.51 bits per heavy atom. The van der Waals surface area contributed by atoms with E-state index in [-0.39, 0.29) is 34.1 Å². The standard InChI is InChI=1S/C53H54Cl2F2N4O9.C2HF3O2/c54-42-29-61(65)30-43(55)41(42)28-46(37-15-18-45(69-52(56)57)47(27-37)66-32-34-11-12-34)68-51(63)44-10-5-22-60(44)25-19-33-13-16-40(17-14-33)67-50(62)39-9-4-8-38(26-39)49(36-6-2-1-3-7-36)58-53(64)70-48-31-59-23-20-35(48)21-24-59;3-2(4,5)1(6)7/h1-4,6-9,13-18,26-27,29-30,34-35,44,46,48-49,52H,5,10-12,19-25,28,31-32H2,(H,58,64);(H,6,7)/t44-,46-,48-,49-;/m0./s1. The molecule has 2 N–H and O–H groups in total. The second-order valence-electron chi connectivity index (χ2n) is 19.2. The minimum Gasteiger partial charge on any atom is -0.619 e. The molecule has 4 atom stereocenters. The topological polar surface area (TPSA) is 180 Å². The van der Waals surface area contributed by atoms with Crippen molar-refractivity contribution in [2.75, 3.05) is 39.3 Å². The summed E-state index contributed by atoms with van der Waals surface area (Å²) >= 11 is 13.0. The molecule has 5 fully saturated rings. The van der Waals surface area contributed by atoms with Gasteiger partial charge < -0.3 is 39.3 Å². The first kappa shape index (κ1) is 56.5. The van der Waals surface area contributed by atoms with Gasteiger partial charge in [0.1, 0.15) is 34.0 Å². The molecule has 22 heteroatoms. The number of halogens is 7. The van der Waals surface area contributed by atoms with Gasteiger partial charge in [0, 0.05) is 25.1 Å². The van der Waals surface area contributed by atoms with E-state index in [1.54, 1.807) is 30.3 Å². The highest BCUT2D eigenvalue weighted by molar-refractivity contribution is 6.35. The molecule has 1 aromatic heterocycles. The van der Waals surface area contributed by atoms with Gasteiger partial charge in [-0.2, -0.15) is 26.7 Å². The number of nitrogens with one attached hydrogen (secondary N) is 1. The summed E-state index contributed by atoms with van der Waals surface area (Å²) in [5.74, 6) is -2.83. The normalized spacial score (nSPS) is 19.8. The van der Waals surface area contributed by atoms with Gasteiger partial charge in [0.2, 0.25) is 0 Å². The number of carboxylic acids is 1. The van der Waals surface area contributed by atoms with Crippen LogP contribution in [0.25, 0.3) is 0 Å². The van der Waals surface area contributed by atoms with Crippen LogP contribution in [0.1, 0.15) is 88.8 Å². The number of amides is 1. The molecular formula is C55H55Cl2F5N4O11. The number of carboxylic acid groups (broad SMARTS) is 1. The summed E-state index contributed by atoms with van der Waals surface area (Å²) in [6.45, 7) is 1.24. The zero-order valence-electron chi connectivity index (χ0n) is 41.4. The smallest absolute Gasteiger partial charge is 0.490 e. The van der Waals surface area contributed by atoms with E-state index in [4.69, 9.17) is 56.8 Å². The number of benzene rings is 4. The Morgan fingerprint density at radius 1 is 0.818 bits per heavy atom. The highest BCUT2D eigenvalue weighted by Gasteiger charge is 2.39. The van der Waals surface area contributed by atoms with Crippen molar-refractivity contribution in [3.8, 4) is 17.2 Å². The van der Waals surface area contributed by atoms with Crippen molar-refractivity contribution in [2.45, 2.75) is 88.4 Å². The van der Waals surface area contributed by atoms with Gasteiger partial charge in [-0.05, 0) is 135 Å². The zero-order valence-corrected chi connectivity index (χ0v) is 42.9. The number of hydrogen-bond acceptors (Lipinski definition) is 12. The van der Waals surface area contributed by atoms with Crippen molar-refractivity contribution in [1.82, 2.24) is 15.1 Å². The van der Waals surface area contributed by atoms with Gasteiger partial charge in [0.15, 0.2) is 23.9 Å². The Morgan fingerprint density at radius 3 is 2.14 bits per heavy atom. The summed E-state index contributed by atoms with van der Waals surface area (Å²) in [5, 5.41) is 22.4. The summed E-state index contributed by atoms with van der Waals surface area (Å²) in [6.07, 6.45) is 1.44. The van der Waals surface area contributed by atoms with Gasteiger partial charge in [0.25, 0.3) is 0 Å². The van der Waals surface area contributed by atoms with E-state index in [1.807, 2.05) is 48.5 Å². The summed E-state index contributed by atoms with van der Waals surface area (Å²) in [7, 11) is 0. The van der Waals surface area contributed by atoms with E-state index in [2.05, 4.69) is 15.1 Å². The number of carbonyl (C=O) groups is 4. The SMILES string of the molecule is O=C(N[C@@H](c1ccccc1)c1cccc(C(=O)Oc2ccc(CCN3CCC[C@H]3C(=O)O[C@@H](Cc3c(Cl)c[n+]([O-])cc3Cl)c3ccc(OC(F)F)c(OCC4CC4)c3)cc2)c1)O[C@H]1CN2CCC1CC2.O=C(O)C(F)(F)F. The third kappa shape index (κ3) is 15.7. The molecule has 2 bridgehead atoms. The van der Waals surface area contributed by atoms with Crippen LogP contribution in [0.4, 0.5) is 26.7 Å². The van der Waals surface area contributed by atoms with Crippen molar-refractivity contribution >= 4 is 47.2 Å². The van der Waals surface area contributed by atoms with E-state index in [0.717, 1.165) is 75.3 Å². The first-order chi connectivity index (χ1) is 36.9. The van der Waals surface area contributed by atoms with Crippen LogP contribution < -0.4 is 24.3 Å². The second-order valence-corrected chi connectivity index (χ2v) is 20.1. The third-order valence-corrected chi connectivity index (χ3v) is 14.5. The summed E-state index contributed by atoms with van der Waals surface area (Å²) in [4.78, 5) is 54.3. The number of carbonyl (C=O) groups excluding carboxylic acids is 3. The number of fused-ring (bicyclic) bond motifs is 3. The first-order valence-corrected chi connectivity index (χ1v) is 25.8. The van der Waals surface area contributed by atoms with E-state index in [1.165, 1.54) is 18.2 Å². The molecule has 1 saturated carbocycles. The number of aromatic nitrogens is 1. The molecule has 4 saturated heterocycles. The number of ether oxygens (including phenoxy) is 5. The zero-order chi connectivity index (χ0) is 54.8. The average molecular weight is 1110 g/mol. The number of nitrogens with zero attached hydrogens (tertiary/aromatic N) is 3. The van der Waals surface area contributed by atoms with Crippen molar-refractivity contribution in [3.05, 3.63) is 158 Å². The highest BCUT2D eigenvalue weighted by atomic mass is 35.5. The van der Waals surface area contributed by atoms with Crippen molar-refractivity contribution in [1.29, 1.82) is 0 Å². The number of piperidine rings is 3. The molecule has 77 heavy (non-hydrogen) atoms. The lowest BCUT2D eigenvalue weighted by atomic mass is 9.86. The van der Waals surface area contributed by atoms with Crippen LogP contribution >= 0.6 is 23.2 Å². The molecule has 5 heterocycles. The number of likely N-dealkylation sites (tertiary alicyclic amines) is 1. The molecular weight excluding hydrogens is 1060 g/mol. The predicted octanol–water partition coefficient (Wildman–Crippen LogP) is 10.3. The average Bonchev–Trinajstić information content (AvgIpc) is 4.13. The Balaban J connectivity index is 0.00000105. The maximum Gasteiger partial charge on any atom is 0.490 e. The summed E-state index contributed by atoms with van der Waals surface area (Å²) < 4.78 is 87.7. The lowest BCUT2D eigenvalue weighted by Crippen LogP contribution is -2.52. The number of alkyl carbamates (subject to hydrolysis) is 1. The van der Waals surface area contributed by atoms with Crippen molar-refractivity contribution in [2.24, 2.45) is 11.8 Å². The quantitative estimate of drug-likeness (QED) is 0.0262. The van der Waals surface area contributed by atoms with Gasteiger partial charge in [-0.25, -0.2) is 14.4 Å². The lowest BCUT2D eigenvalue weighted by Gasteiger charge is -2.43. The molecule has 15 nitrogen and oxygen atoms in total. The molecule has 5 aromatic rings. The minimum absolute atomic E-state index is 0.0158. The number of rotatable bonds is 19. The third-order valence-electron chi connectivity index (χ3n) is 13.8. The van der Waals surface area contributed by atoms with Crippen LogP contribution in [0.3, 0.4) is 0 Å². The van der Waals surface area contributed by atoms with E-state index < -0.39 is 55.0 Å². The molecule has 1 amide bonds. The number of aliphatic carboxylic acids is 1. The van der Waals surface area contributed by atoms with Crippen LogP contribution in [-0.2, 0) is 31.9 Å². The molecule has 0 spiro atoms. The summed E-state index contributed by atoms with van der Waals surface area (Å²) in [5.41, 5.74) is 3.61. The molecule has 1 aliphatic carbocycles. The molecule has 10 rings (SSSR count). The first-order valence-electron chi connectivity index (χ1n) is 25.0. The van der Waals surface area contributed by atoms with E-state index in [0.29, 0.717) is 77.1 Å². The van der Waals surface area contributed by atoms with Gasteiger partial charge in [-0.15, -0.1) is 0 Å². The Kier molecular flexibility index (Phi) is 18.8. The molecule has 410 valence electrons. The van der Waals surface area contributed by atoms with Crippen LogP contribution in [0.15, 0.2) is 109 Å². The fourth-order valence-electron chi connectivity index (χ4n) is 9.59. The Hall–Kier alpha value is -6.74.